The van der Waals surface area contributed by atoms with E-state index in [-0.39, 0.29) is 23.0 Å². The number of rotatable bonds is 9. The number of carbonyl (C=O) groups excluding carboxylic acids is 2. The van der Waals surface area contributed by atoms with Gasteiger partial charge in [-0.05, 0) is 48.6 Å². The van der Waals surface area contributed by atoms with Crippen LogP contribution in [0, 0.1) is 12.3 Å². The Labute approximate surface area is 221 Å². The van der Waals surface area contributed by atoms with E-state index in [1.165, 1.54) is 18.4 Å². The highest BCUT2D eigenvalue weighted by Crippen LogP contribution is 2.38. The molecule has 3 aromatic rings. The van der Waals surface area contributed by atoms with E-state index in [1.807, 2.05) is 0 Å². The summed E-state index contributed by atoms with van der Waals surface area (Å²) in [5.41, 5.74) is 9.24. The lowest BCUT2D eigenvalue weighted by Crippen LogP contribution is -2.53. The van der Waals surface area contributed by atoms with Crippen LogP contribution in [0.2, 0.25) is 5.02 Å². The third kappa shape index (κ3) is 5.12. The number of hydrazine groups is 1. The molecule has 1 amide bonds. The highest BCUT2D eigenvalue weighted by atomic mass is 35.5. The average Bonchev–Trinajstić information content (AvgIpc) is 3.53. The van der Waals surface area contributed by atoms with Gasteiger partial charge in [0.05, 0.1) is 13.7 Å². The Bertz CT molecular complexity index is 1450. The number of hydrogen-bond acceptors (Lipinski definition) is 9. The number of thiophene rings is 2. The van der Waals surface area contributed by atoms with E-state index in [0.717, 1.165) is 25.3 Å². The first-order valence-electron chi connectivity index (χ1n) is 10.8. The number of carbonyl (C=O) groups is 2. The van der Waals surface area contributed by atoms with Crippen LogP contribution in [0.15, 0.2) is 33.9 Å². The Hall–Kier alpha value is -2.55. The van der Waals surface area contributed by atoms with Gasteiger partial charge in [0.25, 0.3) is 10.0 Å². The van der Waals surface area contributed by atoms with Crippen molar-refractivity contribution in [3.63, 3.8) is 0 Å². The molecule has 3 heterocycles. The zero-order chi connectivity index (χ0) is 26.2. The van der Waals surface area contributed by atoms with E-state index >= 15 is 0 Å². The first-order valence-corrected chi connectivity index (χ1v) is 14.3. The Balaban J connectivity index is 1.65. The number of aryl methyl sites for hydroxylation is 1. The van der Waals surface area contributed by atoms with Crippen LogP contribution in [0.1, 0.15) is 22.4 Å². The molecule has 0 spiro atoms. The van der Waals surface area contributed by atoms with E-state index in [2.05, 4.69) is 10.2 Å². The van der Waals surface area contributed by atoms with Gasteiger partial charge in [0, 0.05) is 32.1 Å². The molecule has 1 saturated heterocycles. The molecule has 0 radical (unpaired) electrons. The van der Waals surface area contributed by atoms with Crippen LogP contribution in [0.4, 0.5) is 0 Å². The highest BCUT2D eigenvalue weighted by molar-refractivity contribution is 7.91. The number of methoxy groups -OCH3 is 1. The van der Waals surface area contributed by atoms with Gasteiger partial charge in [0.15, 0.2) is 0 Å². The Morgan fingerprint density at radius 1 is 1.39 bits per heavy atom. The number of amidine groups is 1. The summed E-state index contributed by atoms with van der Waals surface area (Å²) in [5.74, 6) is -1.13. The smallest absolute Gasteiger partial charge is 0.321 e. The van der Waals surface area contributed by atoms with Crippen molar-refractivity contribution >= 4 is 72.1 Å². The molecular weight excluding hydrogens is 546 g/mol. The van der Waals surface area contributed by atoms with Crippen LogP contribution in [0.5, 0.6) is 0 Å². The molecule has 1 fully saturated rings. The molecule has 0 aliphatic carbocycles. The number of amides is 1. The second kappa shape index (κ2) is 10.4. The molecule has 1 aliphatic heterocycles. The molecule has 1 aromatic carbocycles. The normalized spacial score (nSPS) is 16.3. The molecule has 10 nitrogen and oxygen atoms in total. The second-order valence-corrected chi connectivity index (χ2v) is 12.6. The summed E-state index contributed by atoms with van der Waals surface area (Å²) >= 11 is 8.56. The highest BCUT2D eigenvalue weighted by Gasteiger charge is 2.43. The third-order valence-corrected chi connectivity index (χ3v) is 10.6. The number of hydrogen-bond donors (Lipinski definition) is 3. The molecule has 0 saturated carbocycles. The van der Waals surface area contributed by atoms with Gasteiger partial charge in [-0.1, -0.05) is 11.6 Å². The van der Waals surface area contributed by atoms with Crippen molar-refractivity contribution in [2.45, 2.75) is 30.1 Å². The summed E-state index contributed by atoms with van der Waals surface area (Å²) in [6.45, 7) is 1.84. The summed E-state index contributed by atoms with van der Waals surface area (Å²) < 4.78 is 34.1. The maximum absolute atomic E-state index is 13.9. The fourth-order valence-electron chi connectivity index (χ4n) is 3.97. The van der Waals surface area contributed by atoms with Crippen LogP contribution in [0.25, 0.3) is 10.1 Å². The number of nitrogens with one attached hydrogen (secondary N) is 2. The van der Waals surface area contributed by atoms with E-state index in [4.69, 9.17) is 22.7 Å². The molecule has 4 rings (SSSR count). The standard InChI is InChI=1S/C22H24ClN5O5S3/c1-12-16-8-14(23)3-4-18(16)35-22(12)36(31,32)28(26-9-19(29)33-2)17-5-6-27(21(17)30)10-15-7-13(11-34-15)20(24)25/h3-4,7-8,11,17,26H,5-6,9-10H2,1-2H3,(H3,24,25)/t17-/m0/s1. The Kier molecular flexibility index (Phi) is 7.69. The average molecular weight is 570 g/mol. The zero-order valence-electron chi connectivity index (χ0n) is 19.4. The quantitative estimate of drug-likeness (QED) is 0.155. The van der Waals surface area contributed by atoms with E-state index < -0.39 is 34.5 Å². The number of fused-ring (bicyclic) bond motifs is 1. The van der Waals surface area contributed by atoms with Crippen molar-refractivity contribution in [3.05, 3.63) is 50.7 Å². The lowest BCUT2D eigenvalue weighted by molar-refractivity contribution is -0.141. The summed E-state index contributed by atoms with van der Waals surface area (Å²) in [5, 5.41) is 10.5. The van der Waals surface area contributed by atoms with E-state index in [1.54, 1.807) is 41.5 Å². The van der Waals surface area contributed by atoms with Crippen molar-refractivity contribution < 1.29 is 22.7 Å². The number of halogens is 1. The van der Waals surface area contributed by atoms with Crippen LogP contribution in [-0.4, -0.2) is 61.7 Å². The molecule has 2 aromatic heterocycles. The molecule has 1 aliphatic rings. The van der Waals surface area contributed by atoms with Crippen LogP contribution in [0.3, 0.4) is 0 Å². The predicted molar refractivity (Wildman–Crippen MR) is 140 cm³/mol. The molecule has 1 atom stereocenters. The maximum atomic E-state index is 13.9. The fourth-order valence-corrected chi connectivity index (χ4v) is 8.34. The molecule has 36 heavy (non-hydrogen) atoms. The molecule has 14 heteroatoms. The number of benzene rings is 1. The molecular formula is C22H24ClN5O5S3. The van der Waals surface area contributed by atoms with Crippen molar-refractivity contribution in [2.75, 3.05) is 20.2 Å². The van der Waals surface area contributed by atoms with Gasteiger partial charge >= 0.3 is 5.97 Å². The summed E-state index contributed by atoms with van der Waals surface area (Å²) in [4.78, 5) is 27.6. The number of esters is 1. The molecule has 0 unspecified atom stereocenters. The third-order valence-electron chi connectivity index (χ3n) is 5.82. The number of sulfonamides is 1. The monoisotopic (exact) mass is 569 g/mol. The lowest BCUT2D eigenvalue weighted by Gasteiger charge is -2.27. The maximum Gasteiger partial charge on any atom is 0.321 e. The minimum absolute atomic E-state index is 0.0626. The Morgan fingerprint density at radius 3 is 2.81 bits per heavy atom. The van der Waals surface area contributed by atoms with Gasteiger partial charge in [-0.15, -0.1) is 27.1 Å². The second-order valence-electron chi connectivity index (χ2n) is 8.15. The first kappa shape index (κ1) is 26.5. The minimum Gasteiger partial charge on any atom is -0.468 e. The van der Waals surface area contributed by atoms with Gasteiger partial charge in [-0.25, -0.2) is 13.8 Å². The summed E-state index contributed by atoms with van der Waals surface area (Å²) in [6, 6.07) is 5.82. The Morgan fingerprint density at radius 2 is 2.14 bits per heavy atom. The van der Waals surface area contributed by atoms with Gasteiger partial charge in [0.2, 0.25) is 5.91 Å². The number of nitrogens with two attached hydrogens (primary N) is 1. The van der Waals surface area contributed by atoms with Gasteiger partial charge in [-0.2, -0.15) is 0 Å². The van der Waals surface area contributed by atoms with Crippen molar-refractivity contribution in [3.8, 4) is 0 Å². The van der Waals surface area contributed by atoms with Crippen molar-refractivity contribution in [1.29, 1.82) is 5.41 Å². The number of likely N-dealkylation sites (tertiary alicyclic amines) is 1. The van der Waals surface area contributed by atoms with E-state index in [9.17, 15) is 18.0 Å². The van der Waals surface area contributed by atoms with Crippen LogP contribution >= 0.6 is 34.3 Å². The van der Waals surface area contributed by atoms with Crippen LogP contribution < -0.4 is 11.2 Å². The SMILES string of the molecule is COC(=O)CNN([C@H]1CCN(Cc2cc(C(=N)N)cs2)C1=O)S(=O)(=O)c1sc2ccc(Cl)cc2c1C. The van der Waals surface area contributed by atoms with Crippen molar-refractivity contribution in [1.82, 2.24) is 14.7 Å². The molecule has 0 bridgehead atoms. The van der Waals surface area contributed by atoms with Gasteiger partial charge < -0.3 is 15.4 Å². The minimum atomic E-state index is -4.23. The zero-order valence-corrected chi connectivity index (χ0v) is 22.6. The van der Waals surface area contributed by atoms with E-state index in [0.29, 0.717) is 28.1 Å². The number of nitrogens with zero attached hydrogens (tertiary/aromatic N) is 2. The number of ether oxygens (including phenoxy) is 1. The summed E-state index contributed by atoms with van der Waals surface area (Å²) in [7, 11) is -3.03. The predicted octanol–water partition coefficient (Wildman–Crippen LogP) is 2.68. The molecule has 192 valence electrons. The largest absolute Gasteiger partial charge is 0.468 e. The summed E-state index contributed by atoms with van der Waals surface area (Å²) in [6.07, 6.45) is 0.229. The van der Waals surface area contributed by atoms with Crippen molar-refractivity contribution in [2.24, 2.45) is 5.73 Å². The van der Waals surface area contributed by atoms with Gasteiger partial charge in [0.1, 0.15) is 22.6 Å². The van der Waals surface area contributed by atoms with Gasteiger partial charge in [-0.3, -0.25) is 15.0 Å². The fraction of sp³-hybridized carbons (Fsp3) is 0.318. The molecule has 4 N–H and O–H groups in total. The topological polar surface area (TPSA) is 146 Å². The first-order chi connectivity index (χ1) is 17.0. The lowest BCUT2D eigenvalue weighted by atomic mass is 10.2. The van der Waals surface area contributed by atoms with Crippen LogP contribution in [-0.2, 0) is 30.9 Å². The number of nitrogen functional groups attached to an aromatic ring is 1.